The molecule has 0 atom stereocenters. The van der Waals surface area contributed by atoms with Crippen molar-refractivity contribution in [3.05, 3.63) is 29.8 Å². The lowest BCUT2D eigenvalue weighted by Gasteiger charge is -2.25. The largest absolute Gasteiger partial charge is 0.490 e. The van der Waals surface area contributed by atoms with Crippen LogP contribution in [0.3, 0.4) is 0 Å². The monoisotopic (exact) mass is 271 g/mol. The van der Waals surface area contributed by atoms with Crippen LogP contribution in [0.25, 0.3) is 0 Å². The van der Waals surface area contributed by atoms with Crippen LogP contribution in [0.2, 0.25) is 0 Å². The van der Waals surface area contributed by atoms with E-state index in [1.54, 1.807) is 0 Å². The van der Waals surface area contributed by atoms with Crippen molar-refractivity contribution >= 4 is 0 Å². The number of hydrogen-bond donors (Lipinski definition) is 1. The second-order valence-corrected chi connectivity index (χ2v) is 6.05. The molecular formula is C15H23F2NO. The van der Waals surface area contributed by atoms with Crippen LogP contribution in [-0.2, 0) is 0 Å². The Kier molecular flexibility index (Phi) is 5.73. The van der Waals surface area contributed by atoms with Gasteiger partial charge in [0.1, 0.15) is 5.82 Å². The topological polar surface area (TPSA) is 21.3 Å². The number of nitrogens with one attached hydrogen (secondary N) is 1. The molecule has 0 aromatic heterocycles. The van der Waals surface area contributed by atoms with E-state index in [9.17, 15) is 8.78 Å². The third-order valence-electron chi connectivity index (χ3n) is 2.67. The smallest absolute Gasteiger partial charge is 0.167 e. The SMILES string of the molecule is CC(C)CNCC(C)(C)COc1ccc(F)cc1F. The fraction of sp³-hybridized carbons (Fsp3) is 0.600. The number of hydrogen-bond acceptors (Lipinski definition) is 2. The van der Waals surface area contributed by atoms with E-state index in [4.69, 9.17) is 4.74 Å². The third-order valence-corrected chi connectivity index (χ3v) is 2.67. The molecule has 0 unspecified atom stereocenters. The van der Waals surface area contributed by atoms with Gasteiger partial charge in [0.25, 0.3) is 0 Å². The minimum absolute atomic E-state index is 0.0957. The van der Waals surface area contributed by atoms with Gasteiger partial charge in [0.2, 0.25) is 0 Å². The summed E-state index contributed by atoms with van der Waals surface area (Å²) in [6.07, 6.45) is 0. The Bertz CT molecular complexity index is 405. The van der Waals surface area contributed by atoms with Gasteiger partial charge in [-0.1, -0.05) is 27.7 Å². The zero-order valence-corrected chi connectivity index (χ0v) is 12.1. The van der Waals surface area contributed by atoms with Gasteiger partial charge in [-0.15, -0.1) is 0 Å². The molecule has 1 aromatic carbocycles. The van der Waals surface area contributed by atoms with Gasteiger partial charge in [-0.25, -0.2) is 8.78 Å². The summed E-state index contributed by atoms with van der Waals surface area (Å²) in [6, 6.07) is 3.35. The number of ether oxygens (including phenoxy) is 1. The van der Waals surface area contributed by atoms with E-state index < -0.39 is 11.6 Å². The van der Waals surface area contributed by atoms with Gasteiger partial charge in [-0.3, -0.25) is 0 Å². The maximum atomic E-state index is 13.4. The normalized spacial score (nSPS) is 11.9. The molecule has 1 aromatic rings. The van der Waals surface area contributed by atoms with Crippen LogP contribution in [0.1, 0.15) is 27.7 Å². The van der Waals surface area contributed by atoms with Gasteiger partial charge >= 0.3 is 0 Å². The molecule has 4 heteroatoms. The van der Waals surface area contributed by atoms with Crippen LogP contribution >= 0.6 is 0 Å². The lowest BCUT2D eigenvalue weighted by atomic mass is 9.94. The molecule has 0 aliphatic carbocycles. The highest BCUT2D eigenvalue weighted by molar-refractivity contribution is 5.24. The van der Waals surface area contributed by atoms with Crippen LogP contribution in [0, 0.1) is 23.0 Å². The lowest BCUT2D eigenvalue weighted by Crippen LogP contribution is -2.36. The Balaban J connectivity index is 2.45. The molecule has 0 radical (unpaired) electrons. The number of benzene rings is 1. The summed E-state index contributed by atoms with van der Waals surface area (Å²) in [6.45, 7) is 10.5. The third kappa shape index (κ3) is 6.01. The highest BCUT2D eigenvalue weighted by Gasteiger charge is 2.19. The van der Waals surface area contributed by atoms with Crippen LogP contribution < -0.4 is 10.1 Å². The molecule has 0 aliphatic rings. The number of halogens is 2. The molecule has 1 rings (SSSR count). The summed E-state index contributed by atoms with van der Waals surface area (Å²) in [7, 11) is 0. The maximum absolute atomic E-state index is 13.4. The number of rotatable bonds is 7. The van der Waals surface area contributed by atoms with Gasteiger partial charge < -0.3 is 10.1 Å². The minimum atomic E-state index is -0.661. The maximum Gasteiger partial charge on any atom is 0.167 e. The van der Waals surface area contributed by atoms with Gasteiger partial charge in [0.15, 0.2) is 11.6 Å². The van der Waals surface area contributed by atoms with Crippen molar-refractivity contribution in [3.8, 4) is 5.75 Å². The molecule has 108 valence electrons. The second-order valence-electron chi connectivity index (χ2n) is 6.05. The molecule has 0 fully saturated rings. The summed E-state index contributed by atoms with van der Waals surface area (Å²) in [5.41, 5.74) is -0.115. The Labute approximate surface area is 114 Å². The average molecular weight is 271 g/mol. The van der Waals surface area contributed by atoms with Gasteiger partial charge in [0, 0.05) is 18.0 Å². The van der Waals surface area contributed by atoms with Crippen LogP contribution in [0.15, 0.2) is 18.2 Å². The van der Waals surface area contributed by atoms with Crippen molar-refractivity contribution < 1.29 is 13.5 Å². The van der Waals surface area contributed by atoms with Crippen molar-refractivity contribution in [3.63, 3.8) is 0 Å². The van der Waals surface area contributed by atoms with Gasteiger partial charge in [-0.05, 0) is 24.6 Å². The molecule has 0 heterocycles. The Morgan fingerprint density at radius 2 is 1.95 bits per heavy atom. The molecule has 0 amide bonds. The summed E-state index contributed by atoms with van der Waals surface area (Å²) >= 11 is 0. The fourth-order valence-electron chi connectivity index (χ4n) is 1.62. The molecule has 0 saturated heterocycles. The van der Waals surface area contributed by atoms with Crippen molar-refractivity contribution in [2.45, 2.75) is 27.7 Å². The summed E-state index contributed by atoms with van der Waals surface area (Å²) < 4.78 is 31.6. The second kappa shape index (κ2) is 6.85. The van der Waals surface area contributed by atoms with E-state index in [0.717, 1.165) is 19.2 Å². The zero-order valence-electron chi connectivity index (χ0n) is 12.1. The van der Waals surface area contributed by atoms with Crippen molar-refractivity contribution in [1.82, 2.24) is 5.32 Å². The Morgan fingerprint density at radius 1 is 1.26 bits per heavy atom. The first-order valence-corrected chi connectivity index (χ1v) is 6.59. The first-order chi connectivity index (χ1) is 8.80. The quantitative estimate of drug-likeness (QED) is 0.818. The standard InChI is InChI=1S/C15H23F2NO/c1-11(2)8-18-9-15(3,4)10-19-14-6-5-12(16)7-13(14)17/h5-7,11,18H,8-10H2,1-4H3. The molecule has 0 saturated carbocycles. The predicted octanol–water partition coefficient (Wildman–Crippen LogP) is 3.62. The Morgan fingerprint density at radius 3 is 2.53 bits per heavy atom. The zero-order chi connectivity index (χ0) is 14.5. The lowest BCUT2D eigenvalue weighted by molar-refractivity contribution is 0.169. The average Bonchev–Trinajstić information content (AvgIpc) is 2.27. The summed E-state index contributed by atoms with van der Waals surface area (Å²) in [4.78, 5) is 0. The molecular weight excluding hydrogens is 248 g/mol. The first-order valence-electron chi connectivity index (χ1n) is 6.59. The van der Waals surface area contributed by atoms with E-state index >= 15 is 0 Å². The summed E-state index contributed by atoms with van der Waals surface area (Å²) in [5, 5.41) is 3.35. The van der Waals surface area contributed by atoms with Crippen LogP contribution in [0.5, 0.6) is 5.75 Å². The van der Waals surface area contributed by atoms with Crippen LogP contribution in [-0.4, -0.2) is 19.7 Å². The molecule has 1 N–H and O–H groups in total. The summed E-state index contributed by atoms with van der Waals surface area (Å²) in [5.74, 6) is -0.571. The molecule has 0 spiro atoms. The van der Waals surface area contributed by atoms with Crippen molar-refractivity contribution in [1.29, 1.82) is 0 Å². The van der Waals surface area contributed by atoms with E-state index in [1.165, 1.54) is 12.1 Å². The fourth-order valence-corrected chi connectivity index (χ4v) is 1.62. The van der Waals surface area contributed by atoms with E-state index in [1.807, 2.05) is 13.8 Å². The van der Waals surface area contributed by atoms with Crippen molar-refractivity contribution in [2.75, 3.05) is 19.7 Å². The highest BCUT2D eigenvalue weighted by atomic mass is 19.1. The molecule has 0 aliphatic heterocycles. The van der Waals surface area contributed by atoms with E-state index in [2.05, 4.69) is 19.2 Å². The first kappa shape index (κ1) is 15.9. The van der Waals surface area contributed by atoms with Gasteiger partial charge in [-0.2, -0.15) is 0 Å². The van der Waals surface area contributed by atoms with E-state index in [-0.39, 0.29) is 11.2 Å². The predicted molar refractivity (Wildman–Crippen MR) is 73.3 cm³/mol. The molecule has 0 bridgehead atoms. The highest BCUT2D eigenvalue weighted by Crippen LogP contribution is 2.21. The van der Waals surface area contributed by atoms with E-state index in [0.29, 0.717) is 12.5 Å². The van der Waals surface area contributed by atoms with Gasteiger partial charge in [0.05, 0.1) is 6.61 Å². The molecule has 2 nitrogen and oxygen atoms in total. The minimum Gasteiger partial charge on any atom is -0.490 e. The molecule has 19 heavy (non-hydrogen) atoms. The van der Waals surface area contributed by atoms with Crippen LogP contribution in [0.4, 0.5) is 8.78 Å². The Hall–Kier alpha value is -1.16. The van der Waals surface area contributed by atoms with Crippen molar-refractivity contribution in [2.24, 2.45) is 11.3 Å².